The molecule has 1 heterocycles. The molecule has 8 nitrogen and oxygen atoms in total. The number of rotatable bonds is 8. The number of ether oxygens (including phenoxy) is 4. The van der Waals surface area contributed by atoms with Crippen LogP contribution < -0.4 is 9.47 Å². The fourth-order valence-corrected chi connectivity index (χ4v) is 5.28. The third-order valence-corrected chi connectivity index (χ3v) is 7.52. The average molecular weight is 785 g/mol. The van der Waals surface area contributed by atoms with Crippen LogP contribution in [-0.2, 0) is 27.5 Å². The summed E-state index contributed by atoms with van der Waals surface area (Å²) in [7, 11) is 2.40. The number of hydrogen-bond acceptors (Lipinski definition) is 7. The molecule has 0 amide bonds. The minimum Gasteiger partial charge on any atom is -0.479 e. The summed E-state index contributed by atoms with van der Waals surface area (Å²) in [5.74, 6) is -0.548. The largest absolute Gasteiger partial charge is 0.479 e. The topological polar surface area (TPSA) is 88.9 Å². The molecule has 0 spiro atoms. The van der Waals surface area contributed by atoms with Gasteiger partial charge in [0.05, 0.1) is 33.3 Å². The highest BCUT2D eigenvalue weighted by molar-refractivity contribution is 9.10. The Labute approximate surface area is 290 Å². The number of nitrogens with zero attached hydrogens (tertiary/aromatic N) is 2. The fourth-order valence-electron chi connectivity index (χ4n) is 3.83. The second-order valence-corrected chi connectivity index (χ2v) is 11.9. The molecule has 4 rings (SSSR count). The number of halogens is 8. The van der Waals surface area contributed by atoms with Gasteiger partial charge in [-0.3, -0.25) is 4.68 Å². The molecule has 0 aliphatic heterocycles. The van der Waals surface area contributed by atoms with E-state index in [4.69, 9.17) is 49.0 Å². The van der Waals surface area contributed by atoms with E-state index >= 15 is 0 Å². The lowest BCUT2D eigenvalue weighted by Gasteiger charge is -2.13. The van der Waals surface area contributed by atoms with E-state index in [1.807, 2.05) is 0 Å². The molecule has 1 atom stereocenters. The van der Waals surface area contributed by atoms with Gasteiger partial charge in [-0.1, -0.05) is 34.8 Å². The molecule has 0 N–H and O–H groups in total. The molecule has 0 aliphatic rings. The van der Waals surface area contributed by atoms with Gasteiger partial charge < -0.3 is 18.9 Å². The van der Waals surface area contributed by atoms with Crippen LogP contribution in [0.5, 0.6) is 17.2 Å². The third kappa shape index (κ3) is 9.99. The number of benzene rings is 3. The first kappa shape index (κ1) is 37.9. The van der Waals surface area contributed by atoms with Crippen LogP contribution in [0.2, 0.25) is 15.1 Å². The second-order valence-electron chi connectivity index (χ2n) is 9.83. The molecule has 1 aromatic heterocycles. The Hall–Kier alpha value is -3.52. The van der Waals surface area contributed by atoms with Gasteiger partial charge in [0.25, 0.3) is 0 Å². The number of carbonyl (C=O) groups is 2. The average Bonchev–Trinajstić information content (AvgIpc) is 3.28. The van der Waals surface area contributed by atoms with Gasteiger partial charge in [0, 0.05) is 17.6 Å². The Morgan fingerprint density at radius 1 is 0.936 bits per heavy atom. The summed E-state index contributed by atoms with van der Waals surface area (Å²) >= 11 is 20.5. The molecule has 47 heavy (non-hydrogen) atoms. The van der Waals surface area contributed by atoms with Crippen LogP contribution in [0.1, 0.15) is 36.8 Å². The number of hydrogen-bond donors (Lipinski definition) is 0. The molecule has 252 valence electrons. The van der Waals surface area contributed by atoms with Crippen molar-refractivity contribution in [2.75, 3.05) is 7.11 Å². The summed E-state index contributed by atoms with van der Waals surface area (Å²) in [6, 6.07) is 13.7. The van der Waals surface area contributed by atoms with Crippen molar-refractivity contribution in [3.63, 3.8) is 0 Å². The summed E-state index contributed by atoms with van der Waals surface area (Å²) in [6.45, 7) is 4.84. The highest BCUT2D eigenvalue weighted by Crippen LogP contribution is 2.41. The van der Waals surface area contributed by atoms with E-state index in [0.29, 0.717) is 32.0 Å². The van der Waals surface area contributed by atoms with Crippen LogP contribution >= 0.6 is 50.7 Å². The zero-order valence-corrected chi connectivity index (χ0v) is 29.1. The third-order valence-electron chi connectivity index (χ3n) is 5.92. The van der Waals surface area contributed by atoms with Gasteiger partial charge in [-0.05, 0) is 91.3 Å². The second kappa shape index (κ2) is 16.1. The molecule has 3 aromatic carbocycles. The minimum atomic E-state index is -4.69. The van der Waals surface area contributed by atoms with Crippen LogP contribution in [-0.4, -0.2) is 41.0 Å². The van der Waals surface area contributed by atoms with Gasteiger partial charge in [-0.15, -0.1) is 0 Å². The van der Waals surface area contributed by atoms with Crippen molar-refractivity contribution in [1.82, 2.24) is 9.78 Å². The summed E-state index contributed by atoms with van der Waals surface area (Å²) in [6.07, 6.45) is -5.82. The summed E-state index contributed by atoms with van der Waals surface area (Å²) in [5.41, 5.74) is -1.86. The normalized spacial score (nSPS) is 11.8. The molecule has 0 radical (unpaired) electrons. The number of alkyl halides is 3. The SMILES string of the molecule is CC(C)OC(=O)c1cc(-c2nn(C)c(C(F)(F)F)c2Br)c(F)cc1Cl.COC(=O)C(C)Oc1ccc(Oc2ccc(Cl)cc2Cl)cc1. The number of esters is 2. The lowest BCUT2D eigenvalue weighted by Crippen LogP contribution is -2.24. The molecule has 0 saturated carbocycles. The minimum absolute atomic E-state index is 0.169. The summed E-state index contributed by atoms with van der Waals surface area (Å²) in [4.78, 5) is 23.3. The Morgan fingerprint density at radius 2 is 1.55 bits per heavy atom. The molecule has 1 unspecified atom stereocenters. The van der Waals surface area contributed by atoms with E-state index in [2.05, 4.69) is 25.8 Å². The predicted molar refractivity (Wildman–Crippen MR) is 172 cm³/mol. The highest BCUT2D eigenvalue weighted by atomic mass is 79.9. The van der Waals surface area contributed by atoms with E-state index in [1.165, 1.54) is 7.11 Å². The lowest BCUT2D eigenvalue weighted by atomic mass is 10.1. The first-order chi connectivity index (χ1) is 21.9. The molecular formula is C31H26BrCl3F4N2O6. The first-order valence-electron chi connectivity index (χ1n) is 13.4. The van der Waals surface area contributed by atoms with Crippen LogP contribution in [0.4, 0.5) is 17.6 Å². The summed E-state index contributed by atoms with van der Waals surface area (Å²) < 4.78 is 74.3. The molecule has 16 heteroatoms. The van der Waals surface area contributed by atoms with E-state index in [9.17, 15) is 27.2 Å². The molecule has 4 aromatic rings. The smallest absolute Gasteiger partial charge is 0.434 e. The Bertz CT molecular complexity index is 1750. The lowest BCUT2D eigenvalue weighted by molar-refractivity contribution is -0.148. The summed E-state index contributed by atoms with van der Waals surface area (Å²) in [5, 5.41) is 4.46. The Kier molecular flexibility index (Phi) is 13.0. The van der Waals surface area contributed by atoms with Crippen molar-refractivity contribution in [3.05, 3.63) is 91.2 Å². The zero-order valence-electron chi connectivity index (χ0n) is 25.2. The van der Waals surface area contributed by atoms with Gasteiger partial charge in [0.15, 0.2) is 11.8 Å². The van der Waals surface area contributed by atoms with Crippen LogP contribution in [0, 0.1) is 5.82 Å². The van der Waals surface area contributed by atoms with Crippen molar-refractivity contribution in [1.29, 1.82) is 0 Å². The van der Waals surface area contributed by atoms with Crippen molar-refractivity contribution < 1.29 is 46.1 Å². The Balaban J connectivity index is 0.000000257. The van der Waals surface area contributed by atoms with Crippen molar-refractivity contribution in [2.24, 2.45) is 7.05 Å². The standard InChI is InChI=1S/C16H14Cl2O4.C15H12BrClF4N2O2/c1-10(16(19)20-2)21-12-4-6-13(7-5-12)22-15-8-3-11(17)9-14(15)18;1-6(2)25-14(24)7-4-8(10(18)5-9(7)17)12-11(16)13(15(19,20)21)23(3)22-12/h3-10H,1-2H3;4-6H,1-3H3. The first-order valence-corrected chi connectivity index (χ1v) is 15.3. The number of methoxy groups -OCH3 is 1. The van der Waals surface area contributed by atoms with Crippen molar-refractivity contribution in [3.8, 4) is 28.5 Å². The molecule has 0 saturated heterocycles. The van der Waals surface area contributed by atoms with Gasteiger partial charge >= 0.3 is 18.1 Å². The van der Waals surface area contributed by atoms with Crippen LogP contribution in [0.3, 0.4) is 0 Å². The van der Waals surface area contributed by atoms with Gasteiger partial charge in [-0.2, -0.15) is 18.3 Å². The number of aryl methyl sites for hydroxylation is 1. The maximum atomic E-state index is 14.3. The fraction of sp³-hybridized carbons (Fsp3) is 0.258. The number of aromatic nitrogens is 2. The maximum absolute atomic E-state index is 14.3. The van der Waals surface area contributed by atoms with E-state index in [1.54, 1.807) is 63.2 Å². The molecule has 0 bridgehead atoms. The van der Waals surface area contributed by atoms with E-state index < -0.39 is 46.3 Å². The van der Waals surface area contributed by atoms with Gasteiger partial charge in [0.1, 0.15) is 28.8 Å². The maximum Gasteiger partial charge on any atom is 0.434 e. The van der Waals surface area contributed by atoms with Crippen LogP contribution in [0.15, 0.2) is 59.1 Å². The van der Waals surface area contributed by atoms with Crippen molar-refractivity contribution >= 4 is 62.7 Å². The van der Waals surface area contributed by atoms with E-state index in [-0.39, 0.29) is 21.8 Å². The van der Waals surface area contributed by atoms with Gasteiger partial charge in [-0.25, -0.2) is 14.0 Å². The zero-order chi connectivity index (χ0) is 35.2. The quantitative estimate of drug-likeness (QED) is 0.130. The molecule has 0 fully saturated rings. The number of carbonyl (C=O) groups excluding carboxylic acids is 2. The molecule has 0 aliphatic carbocycles. The molecular weight excluding hydrogens is 759 g/mol. The highest BCUT2D eigenvalue weighted by Gasteiger charge is 2.39. The van der Waals surface area contributed by atoms with Gasteiger partial charge in [0.2, 0.25) is 0 Å². The Morgan fingerprint density at radius 3 is 2.09 bits per heavy atom. The predicted octanol–water partition coefficient (Wildman–Crippen LogP) is 9.95. The van der Waals surface area contributed by atoms with E-state index in [0.717, 1.165) is 19.2 Å². The monoisotopic (exact) mass is 782 g/mol. The van der Waals surface area contributed by atoms with Crippen molar-refractivity contribution in [2.45, 2.75) is 39.2 Å². The van der Waals surface area contributed by atoms with Crippen LogP contribution in [0.25, 0.3) is 11.3 Å².